The summed E-state index contributed by atoms with van der Waals surface area (Å²) in [6.07, 6.45) is 0.975. The van der Waals surface area contributed by atoms with Gasteiger partial charge in [-0.25, -0.2) is 0 Å². The van der Waals surface area contributed by atoms with Gasteiger partial charge in [0.2, 0.25) is 0 Å². The topological polar surface area (TPSA) is 49.8 Å². The number of rotatable bonds is 7. The highest BCUT2D eigenvalue weighted by Gasteiger charge is 2.33. The van der Waals surface area contributed by atoms with Crippen LogP contribution in [0.25, 0.3) is 0 Å². The van der Waals surface area contributed by atoms with E-state index < -0.39 is 5.97 Å². The summed E-state index contributed by atoms with van der Waals surface area (Å²) in [5, 5.41) is 8.91. The number of hydrogen-bond donors (Lipinski definition) is 1. The second kappa shape index (κ2) is 6.57. The van der Waals surface area contributed by atoms with Gasteiger partial charge in [-0.1, -0.05) is 25.1 Å². The van der Waals surface area contributed by atoms with E-state index in [2.05, 4.69) is 4.90 Å². The minimum Gasteiger partial charge on any atom is -0.494 e. The van der Waals surface area contributed by atoms with E-state index in [0.29, 0.717) is 12.5 Å². The van der Waals surface area contributed by atoms with Gasteiger partial charge in [-0.2, -0.15) is 0 Å². The molecule has 0 amide bonds. The van der Waals surface area contributed by atoms with Gasteiger partial charge >= 0.3 is 5.97 Å². The monoisotopic (exact) mass is 263 g/mol. The first kappa shape index (κ1) is 13.9. The van der Waals surface area contributed by atoms with Crippen molar-refractivity contribution >= 4 is 5.97 Å². The summed E-state index contributed by atoms with van der Waals surface area (Å²) in [7, 11) is 0. The number of carboxylic acid groups (broad SMARTS) is 1. The third kappa shape index (κ3) is 3.96. The van der Waals surface area contributed by atoms with Crippen molar-refractivity contribution in [1.29, 1.82) is 0 Å². The molecular formula is C15H21NO3. The molecule has 0 aromatic heterocycles. The highest BCUT2D eigenvalue weighted by molar-refractivity contribution is 5.70. The Morgan fingerprint density at radius 3 is 2.74 bits per heavy atom. The maximum Gasteiger partial charge on any atom is 0.306 e. The van der Waals surface area contributed by atoms with Crippen LogP contribution in [0.3, 0.4) is 0 Å². The predicted octanol–water partition coefficient (Wildman–Crippen LogP) is 2.11. The summed E-state index contributed by atoms with van der Waals surface area (Å²) >= 11 is 0. The van der Waals surface area contributed by atoms with E-state index in [1.807, 2.05) is 30.3 Å². The third-order valence-corrected chi connectivity index (χ3v) is 3.71. The SMILES string of the molecule is CC(C(=O)O)C1CN(CCCOc2ccccc2)C1. The van der Waals surface area contributed by atoms with E-state index in [4.69, 9.17) is 9.84 Å². The van der Waals surface area contributed by atoms with Crippen LogP contribution in [0.2, 0.25) is 0 Å². The fourth-order valence-corrected chi connectivity index (χ4v) is 2.31. The first-order valence-electron chi connectivity index (χ1n) is 6.80. The number of hydrogen-bond acceptors (Lipinski definition) is 3. The lowest BCUT2D eigenvalue weighted by Gasteiger charge is -2.41. The Balaban J connectivity index is 1.55. The fourth-order valence-electron chi connectivity index (χ4n) is 2.31. The van der Waals surface area contributed by atoms with Gasteiger partial charge in [0.25, 0.3) is 0 Å². The molecule has 1 N–H and O–H groups in total. The van der Waals surface area contributed by atoms with Gasteiger partial charge in [0, 0.05) is 19.6 Å². The Labute approximate surface area is 114 Å². The minimum atomic E-state index is -0.683. The highest BCUT2D eigenvalue weighted by atomic mass is 16.5. The van der Waals surface area contributed by atoms with Crippen molar-refractivity contribution in [3.63, 3.8) is 0 Å². The van der Waals surface area contributed by atoms with Crippen molar-refractivity contribution in [1.82, 2.24) is 4.90 Å². The molecule has 1 aliphatic heterocycles. The summed E-state index contributed by atoms with van der Waals surface area (Å²) in [6, 6.07) is 9.80. The van der Waals surface area contributed by atoms with E-state index in [-0.39, 0.29) is 5.92 Å². The van der Waals surface area contributed by atoms with Crippen LogP contribution in [0.15, 0.2) is 30.3 Å². The van der Waals surface area contributed by atoms with Gasteiger partial charge in [-0.15, -0.1) is 0 Å². The summed E-state index contributed by atoms with van der Waals surface area (Å²) in [6.45, 7) is 5.29. The number of benzene rings is 1. The first-order chi connectivity index (χ1) is 9.16. The van der Waals surface area contributed by atoms with Crippen LogP contribution in [-0.4, -0.2) is 42.2 Å². The lowest BCUT2D eigenvalue weighted by Crippen LogP contribution is -2.51. The minimum absolute atomic E-state index is 0.225. The highest BCUT2D eigenvalue weighted by Crippen LogP contribution is 2.23. The molecule has 1 unspecified atom stereocenters. The molecule has 1 saturated heterocycles. The zero-order valence-corrected chi connectivity index (χ0v) is 11.3. The molecule has 19 heavy (non-hydrogen) atoms. The Morgan fingerprint density at radius 2 is 2.11 bits per heavy atom. The van der Waals surface area contributed by atoms with Crippen LogP contribution in [0.1, 0.15) is 13.3 Å². The Morgan fingerprint density at radius 1 is 1.42 bits per heavy atom. The van der Waals surface area contributed by atoms with Crippen molar-refractivity contribution in [2.75, 3.05) is 26.2 Å². The molecule has 1 atom stereocenters. The van der Waals surface area contributed by atoms with Crippen molar-refractivity contribution in [3.8, 4) is 5.75 Å². The van der Waals surface area contributed by atoms with Gasteiger partial charge < -0.3 is 14.7 Å². The van der Waals surface area contributed by atoms with E-state index in [0.717, 1.165) is 31.8 Å². The molecule has 4 heteroatoms. The zero-order chi connectivity index (χ0) is 13.7. The van der Waals surface area contributed by atoms with Crippen LogP contribution in [0, 0.1) is 11.8 Å². The van der Waals surface area contributed by atoms with Crippen LogP contribution < -0.4 is 4.74 Å². The molecule has 0 spiro atoms. The normalized spacial score (nSPS) is 17.7. The molecule has 0 radical (unpaired) electrons. The molecule has 0 saturated carbocycles. The van der Waals surface area contributed by atoms with Crippen molar-refractivity contribution in [2.24, 2.45) is 11.8 Å². The molecular weight excluding hydrogens is 242 g/mol. The smallest absolute Gasteiger partial charge is 0.306 e. The van der Waals surface area contributed by atoms with E-state index in [1.54, 1.807) is 6.92 Å². The van der Waals surface area contributed by atoms with Crippen LogP contribution in [-0.2, 0) is 4.79 Å². The molecule has 0 aliphatic carbocycles. The molecule has 1 aromatic rings. The number of aliphatic carboxylic acids is 1. The van der Waals surface area contributed by atoms with Gasteiger partial charge in [0.1, 0.15) is 5.75 Å². The summed E-state index contributed by atoms with van der Waals surface area (Å²) < 4.78 is 5.62. The second-order valence-corrected chi connectivity index (χ2v) is 5.16. The number of ether oxygens (including phenoxy) is 1. The number of carboxylic acids is 1. The molecule has 1 fully saturated rings. The number of carbonyl (C=O) groups is 1. The van der Waals surface area contributed by atoms with Crippen molar-refractivity contribution in [3.05, 3.63) is 30.3 Å². The quantitative estimate of drug-likeness (QED) is 0.765. The van der Waals surface area contributed by atoms with Gasteiger partial charge in [-0.3, -0.25) is 4.79 Å². The van der Waals surface area contributed by atoms with Crippen LogP contribution >= 0.6 is 0 Å². The largest absolute Gasteiger partial charge is 0.494 e. The molecule has 4 nitrogen and oxygen atoms in total. The summed E-state index contributed by atoms with van der Waals surface area (Å²) in [5.41, 5.74) is 0. The molecule has 0 bridgehead atoms. The van der Waals surface area contributed by atoms with Gasteiger partial charge in [0.15, 0.2) is 0 Å². The van der Waals surface area contributed by atoms with Crippen LogP contribution in [0.4, 0.5) is 0 Å². The van der Waals surface area contributed by atoms with Crippen molar-refractivity contribution < 1.29 is 14.6 Å². The fraction of sp³-hybridized carbons (Fsp3) is 0.533. The van der Waals surface area contributed by atoms with Crippen LogP contribution in [0.5, 0.6) is 5.75 Å². The second-order valence-electron chi connectivity index (χ2n) is 5.16. The number of para-hydroxylation sites is 1. The average molecular weight is 263 g/mol. The number of likely N-dealkylation sites (tertiary alicyclic amines) is 1. The Hall–Kier alpha value is -1.55. The van der Waals surface area contributed by atoms with E-state index in [9.17, 15) is 4.79 Å². The molecule has 2 rings (SSSR count). The zero-order valence-electron chi connectivity index (χ0n) is 11.3. The maximum absolute atomic E-state index is 10.8. The van der Waals surface area contributed by atoms with Gasteiger partial charge in [0.05, 0.1) is 12.5 Å². The summed E-state index contributed by atoms with van der Waals surface area (Å²) in [4.78, 5) is 13.1. The van der Waals surface area contributed by atoms with E-state index >= 15 is 0 Å². The first-order valence-corrected chi connectivity index (χ1v) is 6.80. The standard InChI is InChI=1S/C15H21NO3/c1-12(15(17)18)13-10-16(11-13)8-5-9-19-14-6-3-2-4-7-14/h2-4,6-7,12-13H,5,8-11H2,1H3,(H,17,18). The number of nitrogens with zero attached hydrogens (tertiary/aromatic N) is 1. The molecule has 1 aromatic carbocycles. The summed E-state index contributed by atoms with van der Waals surface area (Å²) in [5.74, 6) is 0.310. The predicted molar refractivity (Wildman–Crippen MR) is 73.3 cm³/mol. The molecule has 1 heterocycles. The molecule has 104 valence electrons. The van der Waals surface area contributed by atoms with Gasteiger partial charge in [-0.05, 0) is 24.5 Å². The average Bonchev–Trinajstić information content (AvgIpc) is 2.37. The van der Waals surface area contributed by atoms with Crippen molar-refractivity contribution in [2.45, 2.75) is 13.3 Å². The molecule has 1 aliphatic rings. The maximum atomic E-state index is 10.8. The van der Waals surface area contributed by atoms with E-state index in [1.165, 1.54) is 0 Å². The lowest BCUT2D eigenvalue weighted by atomic mass is 9.87. The lowest BCUT2D eigenvalue weighted by molar-refractivity contribution is -0.145. The Kier molecular flexibility index (Phi) is 4.80. The third-order valence-electron chi connectivity index (χ3n) is 3.71. The Bertz CT molecular complexity index is 401.